The van der Waals surface area contributed by atoms with Crippen LogP contribution in [0.5, 0.6) is 0 Å². The van der Waals surface area contributed by atoms with E-state index in [1.165, 1.54) is 0 Å². The number of nitrogens with zero attached hydrogens (tertiary/aromatic N) is 3. The molecule has 1 N–H and O–H groups in total. The number of benzene rings is 3. The molecule has 112 valence electrons. The summed E-state index contributed by atoms with van der Waals surface area (Å²) in [6.45, 7) is -0.144. The fraction of sp³-hybridized carbons (Fsp3) is 0.0526. The molecule has 0 atom stereocenters. The minimum absolute atomic E-state index is 0.144. The van der Waals surface area contributed by atoms with Crippen LogP contribution in [0.1, 0.15) is 5.69 Å². The molecule has 0 aliphatic carbocycles. The van der Waals surface area contributed by atoms with Crippen LogP contribution >= 0.6 is 0 Å². The van der Waals surface area contributed by atoms with E-state index in [-0.39, 0.29) is 6.61 Å². The van der Waals surface area contributed by atoms with Crippen molar-refractivity contribution in [1.82, 2.24) is 15.0 Å². The maximum atomic E-state index is 9.64. The number of aliphatic hydroxyl groups excluding tert-OH is 1. The van der Waals surface area contributed by atoms with E-state index < -0.39 is 0 Å². The molecule has 0 saturated carbocycles. The lowest BCUT2D eigenvalue weighted by Gasteiger charge is -2.10. The quantitative estimate of drug-likeness (QED) is 0.629. The van der Waals surface area contributed by atoms with Crippen molar-refractivity contribution in [1.29, 1.82) is 0 Å². The minimum atomic E-state index is -0.144. The van der Waals surface area contributed by atoms with Crippen LogP contribution in [0, 0.1) is 0 Å². The Kier molecular flexibility index (Phi) is 3.37. The van der Waals surface area contributed by atoms with E-state index in [9.17, 15) is 5.11 Å². The van der Waals surface area contributed by atoms with Gasteiger partial charge in [-0.3, -0.25) is 0 Å². The summed E-state index contributed by atoms with van der Waals surface area (Å²) >= 11 is 0. The highest BCUT2D eigenvalue weighted by atomic mass is 16.3. The number of rotatable bonds is 3. The van der Waals surface area contributed by atoms with Gasteiger partial charge < -0.3 is 5.11 Å². The van der Waals surface area contributed by atoms with Gasteiger partial charge >= 0.3 is 0 Å². The smallest absolute Gasteiger partial charge is 0.117 e. The molecule has 0 aliphatic heterocycles. The van der Waals surface area contributed by atoms with Crippen LogP contribution in [-0.2, 0) is 6.61 Å². The Morgan fingerprint density at radius 3 is 2.39 bits per heavy atom. The fourth-order valence-electron chi connectivity index (χ4n) is 2.87. The summed E-state index contributed by atoms with van der Waals surface area (Å²) in [6, 6.07) is 24.2. The van der Waals surface area contributed by atoms with Crippen LogP contribution in [0.3, 0.4) is 0 Å². The van der Waals surface area contributed by atoms with Crippen LogP contribution in [0.4, 0.5) is 0 Å². The first-order chi connectivity index (χ1) is 11.4. The van der Waals surface area contributed by atoms with Crippen LogP contribution in [0.15, 0.2) is 72.8 Å². The van der Waals surface area contributed by atoms with Crippen molar-refractivity contribution < 1.29 is 5.11 Å². The Bertz CT molecular complexity index is 955. The lowest BCUT2D eigenvalue weighted by atomic mass is 10.1. The van der Waals surface area contributed by atoms with Crippen LogP contribution < -0.4 is 0 Å². The highest BCUT2D eigenvalue weighted by Gasteiger charge is 2.16. The summed E-state index contributed by atoms with van der Waals surface area (Å²) < 4.78 is 1.81. The SMILES string of the molecule is OCc1nnn(-c2cccc3ccccc23)c1-c1ccccc1. The average molecular weight is 301 g/mol. The van der Waals surface area contributed by atoms with E-state index in [2.05, 4.69) is 28.5 Å². The molecule has 3 aromatic carbocycles. The molecule has 0 aliphatic rings. The van der Waals surface area contributed by atoms with Gasteiger partial charge in [-0.25, -0.2) is 4.68 Å². The lowest BCUT2D eigenvalue weighted by molar-refractivity contribution is 0.277. The van der Waals surface area contributed by atoms with E-state index in [1.807, 2.05) is 59.3 Å². The summed E-state index contributed by atoms with van der Waals surface area (Å²) in [5.74, 6) is 0. The van der Waals surface area contributed by atoms with Crippen LogP contribution in [0.2, 0.25) is 0 Å². The van der Waals surface area contributed by atoms with Gasteiger partial charge in [0, 0.05) is 10.9 Å². The third-order valence-electron chi connectivity index (χ3n) is 3.93. The van der Waals surface area contributed by atoms with Crippen molar-refractivity contribution in [2.75, 3.05) is 0 Å². The maximum absolute atomic E-state index is 9.64. The predicted octanol–water partition coefficient (Wildman–Crippen LogP) is 3.58. The molecule has 0 unspecified atom stereocenters. The normalized spacial score (nSPS) is 11.0. The van der Waals surface area contributed by atoms with Crippen LogP contribution in [-0.4, -0.2) is 20.1 Å². The number of aromatic nitrogens is 3. The minimum Gasteiger partial charge on any atom is -0.390 e. The first-order valence-electron chi connectivity index (χ1n) is 7.47. The van der Waals surface area contributed by atoms with Gasteiger partial charge in [0.15, 0.2) is 0 Å². The zero-order valence-electron chi connectivity index (χ0n) is 12.4. The van der Waals surface area contributed by atoms with E-state index in [1.54, 1.807) is 0 Å². The largest absolute Gasteiger partial charge is 0.390 e. The van der Waals surface area contributed by atoms with Crippen molar-refractivity contribution in [3.63, 3.8) is 0 Å². The standard InChI is InChI=1S/C19H15N3O/c23-13-17-19(15-8-2-1-3-9-15)22(21-20-17)18-12-6-10-14-7-4-5-11-16(14)18/h1-12,23H,13H2. The number of fused-ring (bicyclic) bond motifs is 1. The molecule has 1 heterocycles. The molecule has 4 heteroatoms. The Balaban J connectivity index is 2.01. The van der Waals surface area contributed by atoms with E-state index in [0.717, 1.165) is 27.7 Å². The second-order valence-electron chi connectivity index (χ2n) is 5.32. The summed E-state index contributed by atoms with van der Waals surface area (Å²) in [7, 11) is 0. The van der Waals surface area contributed by atoms with Crippen molar-refractivity contribution in [3.05, 3.63) is 78.5 Å². The molecular weight excluding hydrogens is 286 g/mol. The van der Waals surface area contributed by atoms with Crippen molar-refractivity contribution >= 4 is 10.8 Å². The van der Waals surface area contributed by atoms with Gasteiger partial charge in [-0.1, -0.05) is 71.9 Å². The molecule has 0 bridgehead atoms. The van der Waals surface area contributed by atoms with Crippen molar-refractivity contribution in [2.24, 2.45) is 0 Å². The summed E-state index contributed by atoms with van der Waals surface area (Å²) in [6.07, 6.45) is 0. The molecule has 4 aromatic rings. The molecule has 1 aromatic heterocycles. The molecule has 0 amide bonds. The van der Waals surface area contributed by atoms with E-state index >= 15 is 0 Å². The summed E-state index contributed by atoms with van der Waals surface area (Å²) in [5.41, 5.74) is 3.33. The predicted molar refractivity (Wildman–Crippen MR) is 90.2 cm³/mol. The molecule has 0 spiro atoms. The number of hydrogen-bond acceptors (Lipinski definition) is 3. The Morgan fingerprint density at radius 1 is 0.826 bits per heavy atom. The van der Waals surface area contributed by atoms with Crippen molar-refractivity contribution in [3.8, 4) is 16.9 Å². The van der Waals surface area contributed by atoms with Gasteiger partial charge in [0.05, 0.1) is 12.3 Å². The molecule has 4 rings (SSSR count). The van der Waals surface area contributed by atoms with Gasteiger partial charge in [0.2, 0.25) is 0 Å². The van der Waals surface area contributed by atoms with Gasteiger partial charge in [0.25, 0.3) is 0 Å². The molecule has 23 heavy (non-hydrogen) atoms. The first-order valence-corrected chi connectivity index (χ1v) is 7.47. The highest BCUT2D eigenvalue weighted by Crippen LogP contribution is 2.29. The molecule has 4 nitrogen and oxygen atoms in total. The lowest BCUT2D eigenvalue weighted by Crippen LogP contribution is -2.01. The van der Waals surface area contributed by atoms with Gasteiger partial charge in [-0.15, -0.1) is 5.10 Å². The van der Waals surface area contributed by atoms with E-state index in [0.29, 0.717) is 5.69 Å². The Labute approximate surface area is 133 Å². The number of hydrogen-bond donors (Lipinski definition) is 1. The van der Waals surface area contributed by atoms with Gasteiger partial charge in [0.1, 0.15) is 11.4 Å². The molecular formula is C19H15N3O. The molecule has 0 fully saturated rings. The highest BCUT2D eigenvalue weighted by molar-refractivity contribution is 5.90. The zero-order valence-corrected chi connectivity index (χ0v) is 12.4. The molecule has 0 radical (unpaired) electrons. The first kappa shape index (κ1) is 13.7. The Hall–Kier alpha value is -2.98. The third kappa shape index (κ3) is 2.29. The van der Waals surface area contributed by atoms with Crippen LogP contribution in [0.25, 0.3) is 27.7 Å². The monoisotopic (exact) mass is 301 g/mol. The Morgan fingerprint density at radius 2 is 1.57 bits per heavy atom. The average Bonchev–Trinajstić information content (AvgIpc) is 3.06. The number of aliphatic hydroxyl groups is 1. The zero-order chi connectivity index (χ0) is 15.6. The second kappa shape index (κ2) is 5.66. The van der Waals surface area contributed by atoms with Gasteiger partial charge in [-0.05, 0) is 11.5 Å². The summed E-state index contributed by atoms with van der Waals surface area (Å²) in [5, 5.41) is 20.3. The second-order valence-corrected chi connectivity index (χ2v) is 5.32. The fourth-order valence-corrected chi connectivity index (χ4v) is 2.87. The molecule has 0 saturated heterocycles. The van der Waals surface area contributed by atoms with Gasteiger partial charge in [-0.2, -0.15) is 0 Å². The van der Waals surface area contributed by atoms with E-state index in [4.69, 9.17) is 0 Å². The topological polar surface area (TPSA) is 50.9 Å². The summed E-state index contributed by atoms with van der Waals surface area (Å²) in [4.78, 5) is 0. The van der Waals surface area contributed by atoms with Crippen molar-refractivity contribution in [2.45, 2.75) is 6.61 Å². The third-order valence-corrected chi connectivity index (χ3v) is 3.93. The maximum Gasteiger partial charge on any atom is 0.117 e.